The van der Waals surface area contributed by atoms with Gasteiger partial charge in [0.15, 0.2) is 0 Å². The van der Waals surface area contributed by atoms with Crippen molar-refractivity contribution in [2.45, 2.75) is 44.3 Å². The summed E-state index contributed by atoms with van der Waals surface area (Å²) < 4.78 is 45.7. The lowest BCUT2D eigenvalue weighted by Crippen LogP contribution is -2.60. The summed E-state index contributed by atoms with van der Waals surface area (Å²) in [6.45, 7) is 4.91. The summed E-state index contributed by atoms with van der Waals surface area (Å²) in [5.41, 5.74) is 2.51. The van der Waals surface area contributed by atoms with Crippen molar-refractivity contribution in [2.24, 2.45) is 0 Å². The first-order valence-electron chi connectivity index (χ1n) is 10.2. The zero-order valence-electron chi connectivity index (χ0n) is 17.2. The molecule has 0 aliphatic carbocycles. The largest absolute Gasteiger partial charge is 0.361 e. The van der Waals surface area contributed by atoms with Gasteiger partial charge in [-0.2, -0.15) is 0 Å². The van der Waals surface area contributed by atoms with Crippen LogP contribution in [0, 0.1) is 19.7 Å². The molecule has 0 bridgehead atoms. The quantitative estimate of drug-likeness (QED) is 0.720. The average Bonchev–Trinajstić information content (AvgIpc) is 2.99. The summed E-state index contributed by atoms with van der Waals surface area (Å²) in [7, 11) is -3.43. The molecule has 7 nitrogen and oxygen atoms in total. The smallest absolute Gasteiger partial charge is 0.227 e. The number of aryl methyl sites for hydroxylation is 2. The summed E-state index contributed by atoms with van der Waals surface area (Å²) in [4.78, 5) is 14.1. The van der Waals surface area contributed by atoms with Gasteiger partial charge in [0.2, 0.25) is 15.9 Å². The van der Waals surface area contributed by atoms with Gasteiger partial charge >= 0.3 is 0 Å². The molecular weight excluding hydrogens is 409 g/mol. The molecule has 2 aliphatic heterocycles. The van der Waals surface area contributed by atoms with Crippen molar-refractivity contribution in [1.29, 1.82) is 0 Å². The Labute approximate surface area is 175 Å². The number of rotatable bonds is 5. The highest BCUT2D eigenvalue weighted by Gasteiger charge is 2.43. The van der Waals surface area contributed by atoms with Gasteiger partial charge in [-0.3, -0.25) is 4.79 Å². The number of sulfonamides is 1. The number of carbonyl (C=O) groups is 1. The van der Waals surface area contributed by atoms with Crippen molar-refractivity contribution in [3.8, 4) is 0 Å². The Morgan fingerprint density at radius 3 is 2.37 bits per heavy atom. The molecule has 0 spiro atoms. The summed E-state index contributed by atoms with van der Waals surface area (Å²) in [5, 5.41) is 3.31. The lowest BCUT2D eigenvalue weighted by atomic mass is 9.90. The number of likely N-dealkylation sites (tertiary alicyclic amines) is 1. The van der Waals surface area contributed by atoms with Gasteiger partial charge in [0.25, 0.3) is 0 Å². The van der Waals surface area contributed by atoms with E-state index in [1.165, 1.54) is 12.1 Å². The molecule has 1 amide bonds. The Balaban J connectivity index is 1.30. The van der Waals surface area contributed by atoms with Crippen LogP contribution in [-0.4, -0.2) is 60.1 Å². The molecule has 0 unspecified atom stereocenters. The summed E-state index contributed by atoms with van der Waals surface area (Å²) in [5.74, 6) is 0.490. The molecule has 9 heteroatoms. The molecule has 2 aliphatic rings. The second-order valence-electron chi connectivity index (χ2n) is 8.17. The maximum absolute atomic E-state index is 13.1. The molecule has 1 aromatic heterocycles. The number of amides is 1. The van der Waals surface area contributed by atoms with Crippen molar-refractivity contribution in [3.63, 3.8) is 0 Å². The topological polar surface area (TPSA) is 83.7 Å². The molecule has 0 radical (unpaired) electrons. The fourth-order valence-corrected chi connectivity index (χ4v) is 6.11. The highest BCUT2D eigenvalue weighted by atomic mass is 32.2. The predicted molar refractivity (Wildman–Crippen MR) is 109 cm³/mol. The molecule has 2 fully saturated rings. The Kier molecular flexibility index (Phi) is 5.67. The van der Waals surface area contributed by atoms with E-state index >= 15 is 0 Å². The Hall–Kier alpha value is -2.26. The van der Waals surface area contributed by atoms with Crippen LogP contribution in [0.15, 0.2) is 28.8 Å². The van der Waals surface area contributed by atoms with Crippen LogP contribution < -0.4 is 0 Å². The minimum atomic E-state index is -3.43. The van der Waals surface area contributed by atoms with Crippen LogP contribution in [-0.2, 0) is 21.2 Å². The number of carbonyl (C=O) groups excluding carboxylic acids is 1. The van der Waals surface area contributed by atoms with Crippen molar-refractivity contribution in [1.82, 2.24) is 14.4 Å². The van der Waals surface area contributed by atoms with Gasteiger partial charge in [0.1, 0.15) is 16.8 Å². The summed E-state index contributed by atoms with van der Waals surface area (Å²) >= 11 is 0. The third kappa shape index (κ3) is 4.00. The maximum atomic E-state index is 13.1. The lowest BCUT2D eigenvalue weighted by Gasteiger charge is -2.42. The van der Waals surface area contributed by atoms with Crippen molar-refractivity contribution < 1.29 is 22.1 Å². The second kappa shape index (κ2) is 8.11. The first-order valence-corrected chi connectivity index (χ1v) is 11.7. The third-order valence-corrected chi connectivity index (χ3v) is 8.51. The van der Waals surface area contributed by atoms with Crippen LogP contribution in [0.1, 0.15) is 41.3 Å². The Bertz CT molecular complexity index is 1000. The van der Waals surface area contributed by atoms with Crippen LogP contribution in [0.5, 0.6) is 0 Å². The zero-order valence-corrected chi connectivity index (χ0v) is 18.0. The average molecular weight is 436 g/mol. The minimum absolute atomic E-state index is 0.106. The molecule has 0 saturated carbocycles. The van der Waals surface area contributed by atoms with Gasteiger partial charge < -0.3 is 9.42 Å². The van der Waals surface area contributed by atoms with Crippen molar-refractivity contribution in [3.05, 3.63) is 52.7 Å². The van der Waals surface area contributed by atoms with Gasteiger partial charge in [-0.25, -0.2) is 17.1 Å². The molecule has 3 heterocycles. The molecule has 2 aromatic rings. The van der Waals surface area contributed by atoms with E-state index in [1.807, 2.05) is 0 Å². The lowest BCUT2D eigenvalue weighted by molar-refractivity contribution is -0.133. The highest BCUT2D eigenvalue weighted by molar-refractivity contribution is 7.89. The minimum Gasteiger partial charge on any atom is -0.361 e. The van der Waals surface area contributed by atoms with Gasteiger partial charge in [0.05, 0.1) is 12.1 Å². The molecule has 0 N–H and O–H groups in total. The van der Waals surface area contributed by atoms with Crippen LogP contribution in [0.4, 0.5) is 4.39 Å². The van der Waals surface area contributed by atoms with Gasteiger partial charge in [-0.15, -0.1) is 0 Å². The van der Waals surface area contributed by atoms with Crippen molar-refractivity contribution in [2.75, 3.05) is 26.2 Å². The van der Waals surface area contributed by atoms with Gasteiger partial charge in [0, 0.05) is 31.7 Å². The number of hydrogen-bond donors (Lipinski definition) is 0. The number of aromatic nitrogens is 1. The summed E-state index contributed by atoms with van der Waals surface area (Å²) in [6.07, 6.45) is 1.61. The number of halogens is 1. The first kappa shape index (κ1) is 21.0. The predicted octanol–water partition coefficient (Wildman–Crippen LogP) is 2.39. The van der Waals surface area contributed by atoms with Crippen LogP contribution in [0.3, 0.4) is 0 Å². The van der Waals surface area contributed by atoms with E-state index in [0.29, 0.717) is 37.4 Å². The number of hydrogen-bond acceptors (Lipinski definition) is 5. The number of nitrogens with zero attached hydrogens (tertiary/aromatic N) is 3. The fraction of sp³-hybridized carbons (Fsp3) is 0.524. The highest BCUT2D eigenvalue weighted by Crippen LogP contribution is 2.31. The third-order valence-electron chi connectivity index (χ3n) is 6.29. The Morgan fingerprint density at radius 1 is 1.17 bits per heavy atom. The zero-order chi connectivity index (χ0) is 21.5. The number of benzene rings is 1. The standard InChI is InChI=1S/C21H26FN3O4S/c1-14-20(15(2)29-23-14)11-21(26)24-12-19(13-24)30(27,28)25-9-7-17(8-10-25)16-3-5-18(22)6-4-16/h3-6,17,19H,7-13H2,1-2H3. The van der Waals surface area contributed by atoms with Crippen molar-refractivity contribution >= 4 is 15.9 Å². The van der Waals surface area contributed by atoms with E-state index in [-0.39, 0.29) is 37.2 Å². The van der Waals surface area contributed by atoms with Crippen LogP contribution in [0.2, 0.25) is 0 Å². The molecule has 0 atom stereocenters. The van der Waals surface area contributed by atoms with Crippen LogP contribution in [0.25, 0.3) is 0 Å². The molecule has 2 saturated heterocycles. The molecule has 1 aromatic carbocycles. The van der Waals surface area contributed by atoms with E-state index in [0.717, 1.165) is 11.1 Å². The van der Waals surface area contributed by atoms with E-state index in [4.69, 9.17) is 4.52 Å². The molecule has 4 rings (SSSR count). The SMILES string of the molecule is Cc1noc(C)c1CC(=O)N1CC(S(=O)(=O)N2CCC(c3ccc(F)cc3)CC2)C1. The Morgan fingerprint density at radius 2 is 1.80 bits per heavy atom. The normalized spacial score (nSPS) is 19.1. The van der Waals surface area contributed by atoms with E-state index in [1.54, 1.807) is 35.2 Å². The second-order valence-corrected chi connectivity index (χ2v) is 10.4. The van der Waals surface area contributed by atoms with Gasteiger partial charge in [-0.1, -0.05) is 17.3 Å². The monoisotopic (exact) mass is 435 g/mol. The van der Waals surface area contributed by atoms with Gasteiger partial charge in [-0.05, 0) is 50.3 Å². The summed E-state index contributed by atoms with van der Waals surface area (Å²) in [6, 6.07) is 6.44. The first-order chi connectivity index (χ1) is 14.3. The molecule has 162 valence electrons. The molecular formula is C21H26FN3O4S. The van der Waals surface area contributed by atoms with E-state index in [9.17, 15) is 17.6 Å². The van der Waals surface area contributed by atoms with E-state index in [2.05, 4.69) is 5.16 Å². The van der Waals surface area contributed by atoms with E-state index < -0.39 is 15.3 Å². The maximum Gasteiger partial charge on any atom is 0.227 e. The van der Waals surface area contributed by atoms with Crippen LogP contribution >= 0.6 is 0 Å². The molecule has 30 heavy (non-hydrogen) atoms. The fourth-order valence-electron chi connectivity index (χ4n) is 4.24. The number of piperidine rings is 1.